The largest absolute Gasteiger partial charge is 0.368 e. The van der Waals surface area contributed by atoms with E-state index in [0.717, 1.165) is 39.2 Å². The van der Waals surface area contributed by atoms with Crippen LogP contribution in [0.1, 0.15) is 40.2 Å². The van der Waals surface area contributed by atoms with Gasteiger partial charge in [-0.1, -0.05) is 5.16 Å². The van der Waals surface area contributed by atoms with Crippen molar-refractivity contribution in [3.63, 3.8) is 0 Å². The van der Waals surface area contributed by atoms with Crippen molar-refractivity contribution in [2.24, 2.45) is 0 Å². The van der Waals surface area contributed by atoms with Gasteiger partial charge >= 0.3 is 0 Å². The summed E-state index contributed by atoms with van der Waals surface area (Å²) in [5.74, 6) is 0.737. The van der Waals surface area contributed by atoms with E-state index in [4.69, 9.17) is 9.26 Å². The van der Waals surface area contributed by atoms with Gasteiger partial charge < -0.3 is 19.5 Å². The van der Waals surface area contributed by atoms with Crippen molar-refractivity contribution in [2.75, 3.05) is 25.0 Å². The van der Waals surface area contributed by atoms with Crippen LogP contribution in [0, 0.1) is 27.7 Å². The molecule has 4 rings (SSSR count). The van der Waals surface area contributed by atoms with Gasteiger partial charge in [0.2, 0.25) is 5.91 Å². The highest BCUT2D eigenvalue weighted by molar-refractivity contribution is 7.13. The lowest BCUT2D eigenvalue weighted by molar-refractivity contribution is -0.138. The van der Waals surface area contributed by atoms with E-state index in [1.807, 2.05) is 50.1 Å². The van der Waals surface area contributed by atoms with Crippen LogP contribution in [0.4, 0.5) is 10.8 Å². The number of hydrogen-bond donors (Lipinski definition) is 1. The van der Waals surface area contributed by atoms with Crippen molar-refractivity contribution in [2.45, 2.75) is 40.2 Å². The van der Waals surface area contributed by atoms with E-state index in [9.17, 15) is 4.79 Å². The summed E-state index contributed by atoms with van der Waals surface area (Å²) in [6, 6.07) is 3.94. The predicted molar refractivity (Wildman–Crippen MR) is 114 cm³/mol. The molecule has 3 aromatic rings. The summed E-state index contributed by atoms with van der Waals surface area (Å²) in [5.41, 5.74) is 5.21. The summed E-state index contributed by atoms with van der Waals surface area (Å²) in [4.78, 5) is 23.8. The number of ether oxygens (including phenoxy) is 1. The zero-order valence-corrected chi connectivity index (χ0v) is 18.4. The van der Waals surface area contributed by atoms with E-state index >= 15 is 0 Å². The van der Waals surface area contributed by atoms with Crippen LogP contribution in [0.5, 0.6) is 0 Å². The summed E-state index contributed by atoms with van der Waals surface area (Å²) in [7, 11) is 0. The molecule has 8 nitrogen and oxygen atoms in total. The van der Waals surface area contributed by atoms with Crippen LogP contribution in [0.3, 0.4) is 0 Å². The third-order valence-electron chi connectivity index (χ3n) is 5.10. The predicted octanol–water partition coefficient (Wildman–Crippen LogP) is 3.65. The molecule has 4 heterocycles. The standard InChI is InChI=1S/C21H25N5O3S/c1-12-7-16(24-21-23-13(2)11-30-21)8-18(22-12)19-10-26(5-6-28-19)20(27)9-17-14(3)25-29-15(17)4/h7-8,11,19H,5-6,9-10H2,1-4H3,(H,22,23,24)/t19-/m1/s1. The molecule has 0 radical (unpaired) electrons. The minimum absolute atomic E-state index is 0.0435. The average Bonchev–Trinajstić information content (AvgIpc) is 3.27. The highest BCUT2D eigenvalue weighted by Crippen LogP contribution is 2.27. The summed E-state index contributed by atoms with van der Waals surface area (Å²) in [6.07, 6.45) is 0.0107. The number of carbonyl (C=O) groups excluding carboxylic acids is 1. The number of hydrogen-bond acceptors (Lipinski definition) is 8. The fourth-order valence-corrected chi connectivity index (χ4v) is 4.25. The van der Waals surface area contributed by atoms with Gasteiger partial charge in [-0.15, -0.1) is 11.3 Å². The second-order valence-electron chi connectivity index (χ2n) is 7.52. The summed E-state index contributed by atoms with van der Waals surface area (Å²) >= 11 is 1.56. The van der Waals surface area contributed by atoms with Gasteiger partial charge in [0.25, 0.3) is 0 Å². The Labute approximate surface area is 179 Å². The Bertz CT molecular complexity index is 1040. The summed E-state index contributed by atoms with van der Waals surface area (Å²) < 4.78 is 11.1. The molecule has 1 N–H and O–H groups in total. The number of nitrogens with zero attached hydrogens (tertiary/aromatic N) is 4. The molecule has 0 spiro atoms. The van der Waals surface area contributed by atoms with Crippen molar-refractivity contribution < 1.29 is 14.1 Å². The van der Waals surface area contributed by atoms with Gasteiger partial charge in [0, 0.05) is 28.9 Å². The second-order valence-corrected chi connectivity index (χ2v) is 8.38. The third-order valence-corrected chi connectivity index (χ3v) is 5.98. The molecule has 0 aliphatic carbocycles. The molecule has 1 saturated heterocycles. The van der Waals surface area contributed by atoms with Crippen molar-refractivity contribution in [1.29, 1.82) is 0 Å². The molecule has 1 fully saturated rings. The monoisotopic (exact) mass is 427 g/mol. The van der Waals surface area contributed by atoms with E-state index in [1.165, 1.54) is 0 Å². The number of aromatic nitrogens is 3. The minimum atomic E-state index is -0.272. The first-order valence-electron chi connectivity index (χ1n) is 9.88. The van der Waals surface area contributed by atoms with Crippen molar-refractivity contribution in [1.82, 2.24) is 20.0 Å². The smallest absolute Gasteiger partial charge is 0.227 e. The van der Waals surface area contributed by atoms with E-state index < -0.39 is 0 Å². The molecule has 1 aliphatic heterocycles. The number of rotatable bonds is 5. The lowest BCUT2D eigenvalue weighted by atomic mass is 10.1. The first kappa shape index (κ1) is 20.5. The molecule has 0 unspecified atom stereocenters. The van der Waals surface area contributed by atoms with Gasteiger partial charge in [-0.2, -0.15) is 0 Å². The second kappa shape index (κ2) is 8.53. The zero-order valence-electron chi connectivity index (χ0n) is 17.6. The van der Waals surface area contributed by atoms with Crippen molar-refractivity contribution >= 4 is 28.1 Å². The molecule has 1 atom stereocenters. The van der Waals surface area contributed by atoms with Crippen LogP contribution >= 0.6 is 11.3 Å². The molecule has 0 bridgehead atoms. The summed E-state index contributed by atoms with van der Waals surface area (Å²) in [6.45, 7) is 9.11. The molecule has 30 heavy (non-hydrogen) atoms. The maximum Gasteiger partial charge on any atom is 0.227 e. The topological polar surface area (TPSA) is 93.4 Å². The number of carbonyl (C=O) groups is 1. The lowest BCUT2D eigenvalue weighted by Crippen LogP contribution is -2.43. The first-order chi connectivity index (χ1) is 14.4. The summed E-state index contributed by atoms with van der Waals surface area (Å²) in [5, 5.41) is 10.1. The fraction of sp³-hybridized carbons (Fsp3) is 0.429. The van der Waals surface area contributed by atoms with Gasteiger partial charge in [-0.05, 0) is 39.8 Å². The molecule has 9 heteroatoms. The van der Waals surface area contributed by atoms with Gasteiger partial charge in [0.15, 0.2) is 5.13 Å². The van der Waals surface area contributed by atoms with Crippen molar-refractivity contribution in [3.05, 3.63) is 51.6 Å². The Hall–Kier alpha value is -2.78. The maximum atomic E-state index is 12.9. The Morgan fingerprint density at radius 1 is 1.23 bits per heavy atom. The minimum Gasteiger partial charge on any atom is -0.368 e. The molecule has 0 saturated carbocycles. The quantitative estimate of drug-likeness (QED) is 0.664. The molecule has 1 aliphatic rings. The average molecular weight is 428 g/mol. The molecule has 3 aromatic heterocycles. The van der Waals surface area contributed by atoms with E-state index in [-0.39, 0.29) is 18.4 Å². The Balaban J connectivity index is 1.48. The zero-order chi connectivity index (χ0) is 21.3. The molecular formula is C21H25N5O3S. The third kappa shape index (κ3) is 4.52. The molecule has 1 amide bonds. The number of aryl methyl sites for hydroxylation is 4. The Kier molecular flexibility index (Phi) is 5.83. The van der Waals surface area contributed by atoms with Crippen LogP contribution in [-0.2, 0) is 16.0 Å². The number of nitrogens with one attached hydrogen (secondary N) is 1. The van der Waals surface area contributed by atoms with Crippen molar-refractivity contribution in [3.8, 4) is 0 Å². The number of anilines is 2. The van der Waals surface area contributed by atoms with Gasteiger partial charge in [-0.25, -0.2) is 4.98 Å². The first-order valence-corrected chi connectivity index (χ1v) is 10.8. The molecular weight excluding hydrogens is 402 g/mol. The SMILES string of the molecule is Cc1cc(Nc2nc(C)cs2)cc([C@H]2CN(C(=O)Cc3c(C)noc3C)CCO2)n1. The van der Waals surface area contributed by atoms with Crippen LogP contribution < -0.4 is 5.32 Å². The van der Waals surface area contributed by atoms with Crippen LogP contribution in [0.25, 0.3) is 0 Å². The Morgan fingerprint density at radius 3 is 2.77 bits per heavy atom. The molecule has 0 aromatic carbocycles. The maximum absolute atomic E-state index is 12.9. The Morgan fingerprint density at radius 2 is 2.07 bits per heavy atom. The van der Waals surface area contributed by atoms with Crippen LogP contribution in [-0.4, -0.2) is 45.6 Å². The number of thiazole rings is 1. The number of morpholine rings is 1. The highest BCUT2D eigenvalue weighted by atomic mass is 32.1. The number of amides is 1. The van der Waals surface area contributed by atoms with E-state index in [2.05, 4.69) is 20.4 Å². The highest BCUT2D eigenvalue weighted by Gasteiger charge is 2.28. The number of pyridine rings is 1. The van der Waals surface area contributed by atoms with Crippen LogP contribution in [0.2, 0.25) is 0 Å². The molecule has 158 valence electrons. The van der Waals surface area contributed by atoms with Crippen LogP contribution in [0.15, 0.2) is 22.0 Å². The van der Waals surface area contributed by atoms with Gasteiger partial charge in [0.1, 0.15) is 11.9 Å². The normalized spacial score (nSPS) is 16.7. The van der Waals surface area contributed by atoms with Gasteiger partial charge in [-0.3, -0.25) is 9.78 Å². The fourth-order valence-electron chi connectivity index (χ4n) is 3.54. The lowest BCUT2D eigenvalue weighted by Gasteiger charge is -2.33. The van der Waals surface area contributed by atoms with E-state index in [0.29, 0.717) is 25.5 Å². The van der Waals surface area contributed by atoms with E-state index in [1.54, 1.807) is 11.3 Å². The van der Waals surface area contributed by atoms with Gasteiger partial charge in [0.05, 0.1) is 36.7 Å².